The van der Waals surface area contributed by atoms with Crippen molar-refractivity contribution in [1.29, 1.82) is 0 Å². The van der Waals surface area contributed by atoms with E-state index in [9.17, 15) is 14.4 Å². The van der Waals surface area contributed by atoms with E-state index in [4.69, 9.17) is 11.6 Å². The third-order valence-corrected chi connectivity index (χ3v) is 7.39. The molecule has 0 bridgehead atoms. The van der Waals surface area contributed by atoms with Crippen molar-refractivity contribution in [3.63, 3.8) is 0 Å². The molecule has 182 valence electrons. The Morgan fingerprint density at radius 1 is 1.03 bits per heavy atom. The largest absolute Gasteiger partial charge is 0.318 e. The fourth-order valence-corrected chi connectivity index (χ4v) is 5.39. The van der Waals surface area contributed by atoms with Crippen LogP contribution in [-0.4, -0.2) is 24.8 Å². The summed E-state index contributed by atoms with van der Waals surface area (Å²) in [5.74, 6) is -0.496. The van der Waals surface area contributed by atoms with E-state index in [1.165, 1.54) is 26.9 Å². The molecule has 1 amide bonds. The standard InChI is InChI=1S/C26H22ClN5O3S/c1-15-23(26(35)32(30(15)3)19-7-5-4-6-8-19)29-20(33)13-31-14-28-24-22(25(31)34)21(16(2)36-24)17-9-11-18(27)12-10-17/h4-12,14H,13H2,1-3H3,(H,29,33). The van der Waals surface area contributed by atoms with Gasteiger partial charge in [-0.15, -0.1) is 11.3 Å². The van der Waals surface area contributed by atoms with Crippen LogP contribution in [0.15, 0.2) is 70.5 Å². The molecule has 0 saturated heterocycles. The maximum atomic E-state index is 13.4. The van der Waals surface area contributed by atoms with E-state index in [-0.39, 0.29) is 23.4 Å². The van der Waals surface area contributed by atoms with E-state index in [0.29, 0.717) is 26.6 Å². The van der Waals surface area contributed by atoms with Crippen LogP contribution in [0, 0.1) is 13.8 Å². The highest BCUT2D eigenvalue weighted by atomic mass is 35.5. The number of rotatable bonds is 5. The van der Waals surface area contributed by atoms with Crippen LogP contribution in [0.1, 0.15) is 10.6 Å². The van der Waals surface area contributed by atoms with Crippen LogP contribution < -0.4 is 16.4 Å². The first-order valence-corrected chi connectivity index (χ1v) is 12.3. The normalized spacial score (nSPS) is 11.2. The van der Waals surface area contributed by atoms with E-state index >= 15 is 0 Å². The van der Waals surface area contributed by atoms with Gasteiger partial charge in [-0.1, -0.05) is 41.9 Å². The van der Waals surface area contributed by atoms with E-state index in [1.54, 1.807) is 30.8 Å². The van der Waals surface area contributed by atoms with Gasteiger partial charge in [0.2, 0.25) is 5.91 Å². The highest BCUT2D eigenvalue weighted by Crippen LogP contribution is 2.35. The molecule has 3 aromatic heterocycles. The van der Waals surface area contributed by atoms with E-state index < -0.39 is 5.91 Å². The van der Waals surface area contributed by atoms with Crippen LogP contribution >= 0.6 is 22.9 Å². The number of halogens is 1. The van der Waals surface area contributed by atoms with Crippen molar-refractivity contribution in [3.05, 3.63) is 97.2 Å². The van der Waals surface area contributed by atoms with Gasteiger partial charge in [-0.2, -0.15) is 0 Å². The first kappa shape index (κ1) is 23.8. The number of nitrogens with zero attached hydrogens (tertiary/aromatic N) is 4. The second-order valence-electron chi connectivity index (χ2n) is 8.38. The molecule has 0 radical (unpaired) electrons. The Bertz CT molecular complexity index is 1730. The van der Waals surface area contributed by atoms with Gasteiger partial charge in [-0.25, -0.2) is 9.67 Å². The van der Waals surface area contributed by atoms with Crippen LogP contribution in [0.4, 0.5) is 5.69 Å². The molecule has 0 atom stereocenters. The van der Waals surface area contributed by atoms with Crippen LogP contribution in [-0.2, 0) is 18.4 Å². The van der Waals surface area contributed by atoms with Crippen molar-refractivity contribution >= 4 is 44.7 Å². The molecule has 5 aromatic rings. The average molecular weight is 520 g/mol. The second kappa shape index (κ2) is 9.25. The van der Waals surface area contributed by atoms with Crippen molar-refractivity contribution in [1.82, 2.24) is 18.9 Å². The summed E-state index contributed by atoms with van der Waals surface area (Å²) in [5.41, 5.74) is 2.40. The third kappa shape index (κ3) is 4.06. The zero-order valence-corrected chi connectivity index (χ0v) is 21.4. The Hall–Kier alpha value is -3.95. The zero-order chi connectivity index (χ0) is 25.6. The van der Waals surface area contributed by atoms with Gasteiger partial charge in [0, 0.05) is 22.5 Å². The quantitative estimate of drug-likeness (QED) is 0.369. The topological polar surface area (TPSA) is 90.9 Å². The molecular weight excluding hydrogens is 498 g/mol. The highest BCUT2D eigenvalue weighted by Gasteiger charge is 2.20. The number of fused-ring (bicyclic) bond motifs is 1. The number of anilines is 1. The first-order valence-electron chi connectivity index (χ1n) is 11.1. The van der Waals surface area contributed by atoms with Crippen LogP contribution in [0.25, 0.3) is 27.0 Å². The summed E-state index contributed by atoms with van der Waals surface area (Å²) in [6, 6.07) is 16.4. The number of carbonyl (C=O) groups excluding carboxylic acids is 1. The molecule has 0 aliphatic heterocycles. The number of hydrogen-bond acceptors (Lipinski definition) is 5. The molecule has 0 saturated carbocycles. The number of nitrogens with one attached hydrogen (secondary N) is 1. The van der Waals surface area contributed by atoms with E-state index in [1.807, 2.05) is 49.4 Å². The van der Waals surface area contributed by atoms with E-state index in [0.717, 1.165) is 16.0 Å². The molecule has 0 aliphatic carbocycles. The van der Waals surface area contributed by atoms with Gasteiger partial charge in [0.05, 0.1) is 23.1 Å². The monoisotopic (exact) mass is 519 g/mol. The minimum Gasteiger partial charge on any atom is -0.318 e. The van der Waals surface area contributed by atoms with Crippen molar-refractivity contribution < 1.29 is 4.79 Å². The van der Waals surface area contributed by atoms with Crippen molar-refractivity contribution in [2.45, 2.75) is 20.4 Å². The predicted molar refractivity (Wildman–Crippen MR) is 143 cm³/mol. The van der Waals surface area contributed by atoms with Crippen molar-refractivity contribution in [2.24, 2.45) is 7.05 Å². The number of para-hydroxylation sites is 1. The Balaban J connectivity index is 1.48. The number of aromatic nitrogens is 4. The van der Waals surface area contributed by atoms with Gasteiger partial charge < -0.3 is 5.32 Å². The summed E-state index contributed by atoms with van der Waals surface area (Å²) >= 11 is 7.46. The Morgan fingerprint density at radius 2 is 1.72 bits per heavy atom. The third-order valence-electron chi connectivity index (χ3n) is 6.12. The van der Waals surface area contributed by atoms with Gasteiger partial charge in [-0.3, -0.25) is 23.6 Å². The smallest absolute Gasteiger partial charge is 0.295 e. The van der Waals surface area contributed by atoms with E-state index in [2.05, 4.69) is 10.3 Å². The maximum Gasteiger partial charge on any atom is 0.295 e. The SMILES string of the molecule is Cc1sc2ncn(CC(=O)Nc3c(C)n(C)n(-c4ccccc4)c3=O)c(=O)c2c1-c1ccc(Cl)cc1. The summed E-state index contributed by atoms with van der Waals surface area (Å²) in [7, 11) is 1.75. The molecule has 36 heavy (non-hydrogen) atoms. The van der Waals surface area contributed by atoms with Gasteiger partial charge >= 0.3 is 0 Å². The van der Waals surface area contributed by atoms with Crippen LogP contribution in [0.2, 0.25) is 5.02 Å². The number of thiophene rings is 1. The van der Waals surface area contributed by atoms with Gasteiger partial charge in [-0.05, 0) is 43.7 Å². The Kier molecular flexibility index (Phi) is 6.11. The minimum absolute atomic E-state index is 0.168. The van der Waals surface area contributed by atoms with Crippen molar-refractivity contribution in [3.8, 4) is 16.8 Å². The number of benzene rings is 2. The molecule has 1 N–H and O–H groups in total. The second-order valence-corrected chi connectivity index (χ2v) is 10.0. The van der Waals surface area contributed by atoms with Crippen LogP contribution in [0.5, 0.6) is 0 Å². The number of carbonyl (C=O) groups is 1. The molecule has 3 heterocycles. The lowest BCUT2D eigenvalue weighted by Crippen LogP contribution is -2.29. The highest BCUT2D eigenvalue weighted by molar-refractivity contribution is 7.19. The Labute approximate surface area is 215 Å². The summed E-state index contributed by atoms with van der Waals surface area (Å²) in [4.78, 5) is 45.5. The predicted octanol–water partition coefficient (Wildman–Crippen LogP) is 4.52. The lowest BCUT2D eigenvalue weighted by Gasteiger charge is -2.08. The van der Waals surface area contributed by atoms with Gasteiger partial charge in [0.1, 0.15) is 17.1 Å². The maximum absolute atomic E-state index is 13.4. The molecule has 8 nitrogen and oxygen atoms in total. The lowest BCUT2D eigenvalue weighted by molar-refractivity contribution is -0.116. The lowest BCUT2D eigenvalue weighted by atomic mass is 10.0. The summed E-state index contributed by atoms with van der Waals surface area (Å²) in [6.45, 7) is 3.40. The van der Waals surface area contributed by atoms with Crippen LogP contribution in [0.3, 0.4) is 0 Å². The molecule has 0 unspecified atom stereocenters. The molecule has 2 aromatic carbocycles. The summed E-state index contributed by atoms with van der Waals surface area (Å²) in [5, 5.41) is 3.76. The summed E-state index contributed by atoms with van der Waals surface area (Å²) < 4.78 is 4.42. The summed E-state index contributed by atoms with van der Waals surface area (Å²) in [6.07, 6.45) is 1.37. The molecule has 0 fully saturated rings. The van der Waals surface area contributed by atoms with Gasteiger partial charge in [0.25, 0.3) is 11.1 Å². The number of amides is 1. The zero-order valence-electron chi connectivity index (χ0n) is 19.8. The van der Waals surface area contributed by atoms with Crippen molar-refractivity contribution in [2.75, 3.05) is 5.32 Å². The Morgan fingerprint density at radius 3 is 2.42 bits per heavy atom. The number of hydrogen-bond donors (Lipinski definition) is 1. The van der Waals surface area contributed by atoms with Gasteiger partial charge in [0.15, 0.2) is 0 Å². The average Bonchev–Trinajstić information content (AvgIpc) is 3.31. The fraction of sp³-hybridized carbons (Fsp3) is 0.154. The first-order chi connectivity index (χ1) is 17.3. The molecule has 10 heteroatoms. The molecule has 5 rings (SSSR count). The molecule has 0 spiro atoms. The number of aryl methyl sites for hydroxylation is 1. The molecule has 0 aliphatic rings. The minimum atomic E-state index is -0.496. The fourth-order valence-electron chi connectivity index (χ4n) is 4.26. The molecular formula is C26H22ClN5O3S.